The molecular formula is C23H23ClN2O3S2. The van der Waals surface area contributed by atoms with Crippen molar-refractivity contribution in [3.05, 3.63) is 83.0 Å². The van der Waals surface area contributed by atoms with E-state index in [0.29, 0.717) is 21.3 Å². The van der Waals surface area contributed by atoms with Crippen molar-refractivity contribution in [2.75, 3.05) is 17.1 Å². The van der Waals surface area contributed by atoms with Gasteiger partial charge < -0.3 is 0 Å². The molecule has 5 nitrogen and oxygen atoms in total. The van der Waals surface area contributed by atoms with Crippen LogP contribution in [-0.2, 0) is 10.0 Å². The highest BCUT2D eigenvalue weighted by molar-refractivity contribution is 7.98. The van der Waals surface area contributed by atoms with Crippen LogP contribution in [0, 0.1) is 5.92 Å². The van der Waals surface area contributed by atoms with E-state index < -0.39 is 10.0 Å². The molecule has 0 saturated heterocycles. The molecule has 0 aliphatic heterocycles. The number of thioether (sulfide) groups is 1. The molecule has 0 aliphatic carbocycles. The zero-order valence-electron chi connectivity index (χ0n) is 17.4. The summed E-state index contributed by atoms with van der Waals surface area (Å²) in [6.07, 6.45) is 3.44. The second kappa shape index (κ2) is 9.85. The topological polar surface area (TPSA) is 67.3 Å². The molecule has 0 unspecified atom stereocenters. The highest BCUT2D eigenvalue weighted by Gasteiger charge is 2.29. The van der Waals surface area contributed by atoms with Crippen molar-refractivity contribution in [1.29, 1.82) is 0 Å². The first-order valence-corrected chi connectivity index (χ1v) is 12.7. The number of hydrogen-bond donors (Lipinski definition) is 0. The van der Waals surface area contributed by atoms with E-state index in [1.165, 1.54) is 22.1 Å². The van der Waals surface area contributed by atoms with Gasteiger partial charge in [-0.25, -0.2) is 13.4 Å². The first-order valence-electron chi connectivity index (χ1n) is 9.66. The van der Waals surface area contributed by atoms with Crippen LogP contribution in [0.3, 0.4) is 0 Å². The Morgan fingerprint density at radius 3 is 2.45 bits per heavy atom. The van der Waals surface area contributed by atoms with Crippen LogP contribution in [0.25, 0.3) is 0 Å². The first-order chi connectivity index (χ1) is 14.7. The molecule has 0 atom stereocenters. The third-order valence-corrected chi connectivity index (χ3v) is 7.21. The zero-order chi connectivity index (χ0) is 22.6. The van der Waals surface area contributed by atoms with Crippen LogP contribution >= 0.6 is 23.4 Å². The van der Waals surface area contributed by atoms with Gasteiger partial charge in [0.2, 0.25) is 0 Å². The maximum absolute atomic E-state index is 13.5. The summed E-state index contributed by atoms with van der Waals surface area (Å²) in [6.45, 7) is 4.07. The summed E-state index contributed by atoms with van der Waals surface area (Å²) in [5.41, 5.74) is 0.949. The number of benzene rings is 2. The lowest BCUT2D eigenvalue weighted by Crippen LogP contribution is -2.35. The summed E-state index contributed by atoms with van der Waals surface area (Å²) in [6, 6.07) is 16.2. The molecule has 3 aromatic rings. The van der Waals surface area contributed by atoms with E-state index in [-0.39, 0.29) is 28.7 Å². The fourth-order valence-corrected chi connectivity index (χ4v) is 5.35. The summed E-state index contributed by atoms with van der Waals surface area (Å²) in [7, 11) is -3.89. The van der Waals surface area contributed by atoms with Crippen LogP contribution in [0.4, 0.5) is 5.69 Å². The molecule has 0 bridgehead atoms. The van der Waals surface area contributed by atoms with Gasteiger partial charge >= 0.3 is 0 Å². The van der Waals surface area contributed by atoms with E-state index in [2.05, 4.69) is 4.98 Å². The lowest BCUT2D eigenvalue weighted by Gasteiger charge is -2.28. The smallest absolute Gasteiger partial charge is 0.264 e. The van der Waals surface area contributed by atoms with Crippen LogP contribution in [-0.4, -0.2) is 32.0 Å². The Kier molecular flexibility index (Phi) is 7.41. The van der Waals surface area contributed by atoms with Crippen LogP contribution in [0.5, 0.6) is 0 Å². The number of carbonyl (C=O) groups is 1. The predicted octanol–water partition coefficient (Wildman–Crippen LogP) is 5.54. The van der Waals surface area contributed by atoms with Gasteiger partial charge in [0.15, 0.2) is 5.78 Å². The molecular weight excluding hydrogens is 452 g/mol. The number of nitrogens with zero attached hydrogens (tertiary/aromatic N) is 2. The number of halogens is 1. The van der Waals surface area contributed by atoms with Crippen LogP contribution in [0.2, 0.25) is 5.02 Å². The van der Waals surface area contributed by atoms with Gasteiger partial charge in [0.25, 0.3) is 10.0 Å². The number of rotatable bonds is 8. The molecule has 31 heavy (non-hydrogen) atoms. The molecule has 162 valence electrons. The molecule has 0 aliphatic rings. The number of sulfonamides is 1. The molecule has 0 spiro atoms. The van der Waals surface area contributed by atoms with Gasteiger partial charge in [0.1, 0.15) is 0 Å². The fraction of sp³-hybridized carbons (Fsp3) is 0.217. The second-order valence-corrected chi connectivity index (χ2v) is 10.4. The van der Waals surface area contributed by atoms with Gasteiger partial charge in [0, 0.05) is 28.9 Å². The number of ketones is 1. The molecule has 3 rings (SSSR count). The number of pyridine rings is 1. The lowest BCUT2D eigenvalue weighted by atomic mass is 10.0. The number of aromatic nitrogens is 1. The molecule has 0 amide bonds. The summed E-state index contributed by atoms with van der Waals surface area (Å²) < 4.78 is 28.4. The standard InChI is InChI=1S/C23H23ClN2O3S2/c1-16(2)15-26(31(28,29)19-7-5-4-6-8-19)21-10-9-18(24)14-20(21)23(27)17-11-12-25-22(13-17)30-3/h4-14,16H,15H2,1-3H3. The highest BCUT2D eigenvalue weighted by atomic mass is 35.5. The Balaban J connectivity index is 2.18. The Labute approximate surface area is 192 Å². The Morgan fingerprint density at radius 2 is 1.81 bits per heavy atom. The molecule has 1 aromatic heterocycles. The summed E-state index contributed by atoms with van der Waals surface area (Å²) >= 11 is 7.64. The van der Waals surface area contributed by atoms with Crippen molar-refractivity contribution in [1.82, 2.24) is 4.98 Å². The Morgan fingerprint density at radius 1 is 1.10 bits per heavy atom. The average molecular weight is 475 g/mol. The van der Waals surface area contributed by atoms with Crippen molar-refractivity contribution in [2.24, 2.45) is 5.92 Å². The lowest BCUT2D eigenvalue weighted by molar-refractivity contribution is 0.103. The van der Waals surface area contributed by atoms with E-state index in [9.17, 15) is 13.2 Å². The van der Waals surface area contributed by atoms with Gasteiger partial charge in [-0.05, 0) is 54.6 Å². The monoisotopic (exact) mass is 474 g/mol. The van der Waals surface area contributed by atoms with E-state index in [1.807, 2.05) is 20.1 Å². The van der Waals surface area contributed by atoms with Gasteiger partial charge in [-0.1, -0.05) is 43.6 Å². The summed E-state index contributed by atoms with van der Waals surface area (Å²) in [5.74, 6) is -0.284. The quantitative estimate of drug-likeness (QED) is 0.316. The summed E-state index contributed by atoms with van der Waals surface area (Å²) in [5, 5.41) is 1.05. The van der Waals surface area contributed by atoms with Crippen LogP contribution in [0.15, 0.2) is 76.8 Å². The minimum atomic E-state index is -3.89. The van der Waals surface area contributed by atoms with E-state index >= 15 is 0 Å². The fourth-order valence-electron chi connectivity index (χ4n) is 3.10. The largest absolute Gasteiger partial charge is 0.289 e. The van der Waals surface area contributed by atoms with Crippen LogP contribution < -0.4 is 4.31 Å². The third kappa shape index (κ3) is 5.29. The maximum atomic E-state index is 13.5. The number of hydrogen-bond acceptors (Lipinski definition) is 5. The van der Waals surface area contributed by atoms with Gasteiger partial charge in [0.05, 0.1) is 15.6 Å². The average Bonchev–Trinajstić information content (AvgIpc) is 2.77. The van der Waals surface area contributed by atoms with Gasteiger partial charge in [-0.2, -0.15) is 0 Å². The Bertz CT molecular complexity index is 1180. The SMILES string of the molecule is CSc1cc(C(=O)c2cc(Cl)ccc2N(CC(C)C)S(=O)(=O)c2ccccc2)ccn1. The molecule has 0 radical (unpaired) electrons. The zero-order valence-corrected chi connectivity index (χ0v) is 19.8. The highest BCUT2D eigenvalue weighted by Crippen LogP contribution is 2.32. The normalized spacial score (nSPS) is 11.5. The van der Waals surface area contributed by atoms with E-state index in [4.69, 9.17) is 11.6 Å². The second-order valence-electron chi connectivity index (χ2n) is 7.32. The Hall–Kier alpha value is -2.35. The maximum Gasteiger partial charge on any atom is 0.264 e. The van der Waals surface area contributed by atoms with Gasteiger partial charge in [-0.3, -0.25) is 9.10 Å². The minimum absolute atomic E-state index is 0.0288. The van der Waals surface area contributed by atoms with E-state index in [1.54, 1.807) is 60.8 Å². The van der Waals surface area contributed by atoms with Crippen molar-refractivity contribution in [2.45, 2.75) is 23.8 Å². The van der Waals surface area contributed by atoms with Gasteiger partial charge in [-0.15, -0.1) is 11.8 Å². The molecule has 0 fully saturated rings. The molecule has 2 aromatic carbocycles. The van der Waals surface area contributed by atoms with Crippen molar-refractivity contribution >= 4 is 44.9 Å². The molecule has 0 saturated carbocycles. The molecule has 8 heteroatoms. The third-order valence-electron chi connectivity index (χ3n) is 4.54. The van der Waals surface area contributed by atoms with E-state index in [0.717, 1.165) is 0 Å². The molecule has 0 N–H and O–H groups in total. The van der Waals surface area contributed by atoms with Crippen molar-refractivity contribution < 1.29 is 13.2 Å². The minimum Gasteiger partial charge on any atom is -0.289 e. The predicted molar refractivity (Wildman–Crippen MR) is 127 cm³/mol. The number of carbonyl (C=O) groups excluding carboxylic acids is 1. The number of anilines is 1. The van der Waals surface area contributed by atoms with Crippen molar-refractivity contribution in [3.63, 3.8) is 0 Å². The van der Waals surface area contributed by atoms with Crippen molar-refractivity contribution in [3.8, 4) is 0 Å². The first kappa shape index (κ1) is 23.3. The van der Waals surface area contributed by atoms with Crippen LogP contribution in [0.1, 0.15) is 29.8 Å². The molecule has 1 heterocycles. The summed E-state index contributed by atoms with van der Waals surface area (Å²) in [4.78, 5) is 17.8.